The van der Waals surface area contributed by atoms with Gasteiger partial charge in [-0.3, -0.25) is 0 Å². The summed E-state index contributed by atoms with van der Waals surface area (Å²) >= 11 is 0. The van der Waals surface area contributed by atoms with Crippen LogP contribution in [-0.2, 0) is 0 Å². The molecule has 56 heavy (non-hydrogen) atoms. The Labute approximate surface area is 322 Å². The number of para-hydroxylation sites is 1. The molecule has 0 radical (unpaired) electrons. The second-order valence-electron chi connectivity index (χ2n) is 13.9. The molecule has 0 saturated heterocycles. The van der Waals surface area contributed by atoms with E-state index in [1.54, 1.807) is 0 Å². The van der Waals surface area contributed by atoms with E-state index in [1.807, 2.05) is 66.7 Å². The van der Waals surface area contributed by atoms with Crippen LogP contribution >= 0.6 is 0 Å². The van der Waals surface area contributed by atoms with E-state index >= 15 is 0 Å². The first-order valence-electron chi connectivity index (χ1n) is 18.6. The monoisotopic (exact) mass is 717 g/mol. The minimum absolute atomic E-state index is 0.584. The molecule has 0 N–H and O–H groups in total. The van der Waals surface area contributed by atoms with Crippen LogP contribution in [0.15, 0.2) is 192 Å². The lowest BCUT2D eigenvalue weighted by atomic mass is 9.97. The summed E-state index contributed by atoms with van der Waals surface area (Å²) in [6, 6.07) is 64.5. The van der Waals surface area contributed by atoms with Crippen molar-refractivity contribution in [2.24, 2.45) is 0 Å². The predicted octanol–water partition coefficient (Wildman–Crippen LogP) is 12.6. The standard InChI is InChI=1S/C50H31N5O/c1-4-15-32(16-5-1)45-46(33-17-6-2-7-18-33)54-55-42(31-35-21-10-11-24-39(35)47(45)55)36-22-14-23-37(29-36)49-51-48(34-19-8-3-9-20-34)52-50(53-49)38-27-28-44-41(30-38)40-25-12-13-26-43(40)56-44/h1-31H. The van der Waals surface area contributed by atoms with Crippen LogP contribution in [0.1, 0.15) is 0 Å². The average Bonchev–Trinajstić information content (AvgIpc) is 3.86. The SMILES string of the molecule is c1ccc(-c2nc(-c3cccc(-c4cc5ccccc5c5c(-c6ccccc6)c(-c6ccccc6)nn45)c3)nc(-c3ccc4oc5ccccc5c4c3)n2)cc1. The van der Waals surface area contributed by atoms with Gasteiger partial charge in [-0.25, -0.2) is 19.5 Å². The Hall–Kier alpha value is -7.70. The molecule has 0 aliphatic heterocycles. The van der Waals surface area contributed by atoms with Gasteiger partial charge in [-0.15, -0.1) is 0 Å². The van der Waals surface area contributed by atoms with Crippen molar-refractivity contribution in [3.63, 3.8) is 0 Å². The van der Waals surface area contributed by atoms with Gasteiger partial charge in [0, 0.05) is 49.5 Å². The van der Waals surface area contributed by atoms with Crippen LogP contribution in [0.4, 0.5) is 0 Å². The van der Waals surface area contributed by atoms with E-state index < -0.39 is 0 Å². The summed E-state index contributed by atoms with van der Waals surface area (Å²) in [6.45, 7) is 0. The van der Waals surface area contributed by atoms with Crippen molar-refractivity contribution in [2.45, 2.75) is 0 Å². The number of hydrogen-bond acceptors (Lipinski definition) is 5. The van der Waals surface area contributed by atoms with Crippen LogP contribution in [0.5, 0.6) is 0 Å². The second-order valence-corrected chi connectivity index (χ2v) is 13.9. The number of benzene rings is 7. The molecule has 7 aromatic carbocycles. The van der Waals surface area contributed by atoms with Gasteiger partial charge < -0.3 is 4.42 Å². The Morgan fingerprint density at radius 3 is 1.68 bits per heavy atom. The fraction of sp³-hybridized carbons (Fsp3) is 0. The smallest absolute Gasteiger partial charge is 0.164 e. The maximum absolute atomic E-state index is 6.14. The number of pyridine rings is 1. The number of nitrogens with zero attached hydrogens (tertiary/aromatic N) is 5. The third kappa shape index (κ3) is 5.35. The Morgan fingerprint density at radius 1 is 0.375 bits per heavy atom. The summed E-state index contributed by atoms with van der Waals surface area (Å²) in [5.41, 5.74) is 11.6. The lowest BCUT2D eigenvalue weighted by molar-refractivity contribution is 0.669. The molecule has 0 bridgehead atoms. The minimum Gasteiger partial charge on any atom is -0.456 e. The summed E-state index contributed by atoms with van der Waals surface area (Å²) in [6.07, 6.45) is 0. The van der Waals surface area contributed by atoms with E-state index in [-0.39, 0.29) is 0 Å². The Bertz CT molecular complexity index is 3240. The fourth-order valence-electron chi connectivity index (χ4n) is 7.80. The molecule has 0 unspecified atom stereocenters. The second kappa shape index (κ2) is 13.0. The third-order valence-electron chi connectivity index (χ3n) is 10.5. The Balaban J connectivity index is 1.12. The van der Waals surface area contributed by atoms with Gasteiger partial charge in [0.05, 0.1) is 11.2 Å². The van der Waals surface area contributed by atoms with Crippen molar-refractivity contribution >= 4 is 38.2 Å². The molecule has 262 valence electrons. The molecular formula is C50H31N5O. The molecule has 0 saturated carbocycles. The molecule has 11 rings (SSSR count). The maximum Gasteiger partial charge on any atom is 0.164 e. The van der Waals surface area contributed by atoms with E-state index in [2.05, 4.69) is 126 Å². The van der Waals surface area contributed by atoms with E-state index in [9.17, 15) is 0 Å². The zero-order valence-electron chi connectivity index (χ0n) is 30.0. The van der Waals surface area contributed by atoms with Gasteiger partial charge in [0.25, 0.3) is 0 Å². The average molecular weight is 718 g/mol. The van der Waals surface area contributed by atoms with E-state index in [4.69, 9.17) is 24.5 Å². The molecule has 0 aliphatic rings. The van der Waals surface area contributed by atoms with Crippen molar-refractivity contribution < 1.29 is 4.42 Å². The summed E-state index contributed by atoms with van der Waals surface area (Å²) in [7, 11) is 0. The molecule has 0 aliphatic carbocycles. The Kier molecular flexibility index (Phi) is 7.38. The molecule has 0 fully saturated rings. The van der Waals surface area contributed by atoms with Crippen molar-refractivity contribution in [3.05, 3.63) is 188 Å². The predicted molar refractivity (Wildman–Crippen MR) is 226 cm³/mol. The summed E-state index contributed by atoms with van der Waals surface area (Å²) in [5.74, 6) is 1.78. The lowest BCUT2D eigenvalue weighted by Gasteiger charge is -2.12. The van der Waals surface area contributed by atoms with Gasteiger partial charge in [-0.2, -0.15) is 5.10 Å². The van der Waals surface area contributed by atoms with Crippen molar-refractivity contribution in [1.29, 1.82) is 0 Å². The van der Waals surface area contributed by atoms with Crippen LogP contribution in [0.3, 0.4) is 0 Å². The minimum atomic E-state index is 0.584. The summed E-state index contributed by atoms with van der Waals surface area (Å²) < 4.78 is 8.26. The maximum atomic E-state index is 6.14. The summed E-state index contributed by atoms with van der Waals surface area (Å²) in [5, 5.41) is 9.75. The molecule has 4 aromatic heterocycles. The fourth-order valence-corrected chi connectivity index (χ4v) is 7.80. The van der Waals surface area contributed by atoms with E-state index in [1.165, 1.54) is 0 Å². The number of rotatable bonds is 6. The molecule has 6 heteroatoms. The number of fused-ring (bicyclic) bond motifs is 6. The first-order valence-corrected chi connectivity index (χ1v) is 18.6. The zero-order chi connectivity index (χ0) is 37.0. The highest BCUT2D eigenvalue weighted by Crippen LogP contribution is 2.41. The molecule has 6 nitrogen and oxygen atoms in total. The van der Waals surface area contributed by atoms with Gasteiger partial charge in [0.1, 0.15) is 16.9 Å². The first-order chi connectivity index (χ1) is 27.7. The van der Waals surface area contributed by atoms with Gasteiger partial charge >= 0.3 is 0 Å². The largest absolute Gasteiger partial charge is 0.456 e. The summed E-state index contributed by atoms with van der Waals surface area (Å²) in [4.78, 5) is 15.3. The van der Waals surface area contributed by atoms with Crippen molar-refractivity contribution in [1.82, 2.24) is 24.6 Å². The van der Waals surface area contributed by atoms with Crippen LogP contribution in [0.2, 0.25) is 0 Å². The molecular weight excluding hydrogens is 687 g/mol. The van der Waals surface area contributed by atoms with Crippen LogP contribution in [0.25, 0.3) is 106 Å². The molecule has 0 amide bonds. The molecule has 11 aromatic rings. The quantitative estimate of drug-likeness (QED) is 0.171. The van der Waals surface area contributed by atoms with Crippen molar-refractivity contribution in [2.75, 3.05) is 0 Å². The van der Waals surface area contributed by atoms with Crippen molar-refractivity contribution in [3.8, 4) is 67.8 Å². The molecule has 0 spiro atoms. The Morgan fingerprint density at radius 2 is 0.929 bits per heavy atom. The zero-order valence-corrected chi connectivity index (χ0v) is 30.0. The van der Waals surface area contributed by atoms with Gasteiger partial charge in [0.15, 0.2) is 17.5 Å². The van der Waals surface area contributed by atoms with Crippen LogP contribution in [0, 0.1) is 0 Å². The van der Waals surface area contributed by atoms with E-state index in [0.717, 1.165) is 88.6 Å². The first kappa shape index (κ1) is 31.8. The third-order valence-corrected chi connectivity index (χ3v) is 10.5. The van der Waals surface area contributed by atoms with Gasteiger partial charge in [-0.05, 0) is 47.3 Å². The number of aromatic nitrogens is 5. The van der Waals surface area contributed by atoms with Crippen LogP contribution in [-0.4, -0.2) is 24.6 Å². The highest BCUT2D eigenvalue weighted by Gasteiger charge is 2.22. The molecule has 0 atom stereocenters. The topological polar surface area (TPSA) is 69.1 Å². The van der Waals surface area contributed by atoms with E-state index in [0.29, 0.717) is 17.5 Å². The van der Waals surface area contributed by atoms with Gasteiger partial charge in [0.2, 0.25) is 0 Å². The normalized spacial score (nSPS) is 11.6. The number of furan rings is 1. The lowest BCUT2D eigenvalue weighted by Crippen LogP contribution is -2.01. The number of hydrogen-bond donors (Lipinski definition) is 0. The highest BCUT2D eigenvalue weighted by molar-refractivity contribution is 6.09. The van der Waals surface area contributed by atoms with Gasteiger partial charge in [-0.1, -0.05) is 152 Å². The molecule has 4 heterocycles. The highest BCUT2D eigenvalue weighted by atomic mass is 16.3. The van der Waals surface area contributed by atoms with Crippen LogP contribution < -0.4 is 0 Å².